The number of nitrogens with zero attached hydrogens (tertiary/aromatic N) is 1. The van der Waals surface area contributed by atoms with Gasteiger partial charge in [0.05, 0.1) is 4.90 Å². The zero-order chi connectivity index (χ0) is 15.3. The molecule has 0 spiro atoms. The summed E-state index contributed by atoms with van der Waals surface area (Å²) in [5.74, 6) is 0. The van der Waals surface area contributed by atoms with E-state index in [9.17, 15) is 8.42 Å². The van der Waals surface area contributed by atoms with E-state index in [1.807, 2.05) is 0 Å². The summed E-state index contributed by atoms with van der Waals surface area (Å²) < 4.78 is 26.9. The zero-order valence-corrected chi connectivity index (χ0v) is 13.9. The Hall–Kier alpha value is -0.850. The van der Waals surface area contributed by atoms with Crippen LogP contribution in [0.25, 0.3) is 0 Å². The molecular weight excluding hydrogens is 286 g/mol. The first-order valence-corrected chi connectivity index (χ1v) is 9.35. The van der Waals surface area contributed by atoms with E-state index >= 15 is 0 Å². The second-order valence-electron chi connectivity index (χ2n) is 5.85. The highest BCUT2D eigenvalue weighted by molar-refractivity contribution is 7.89. The molecule has 0 saturated heterocycles. The average Bonchev–Trinajstić information content (AvgIpc) is 2.97. The molecule has 1 aromatic heterocycles. The molecule has 0 atom stereocenters. The number of hydrogen-bond donors (Lipinski definition) is 2. The predicted octanol–water partition coefficient (Wildman–Crippen LogP) is 2.47. The van der Waals surface area contributed by atoms with Crippen molar-refractivity contribution in [3.63, 3.8) is 0 Å². The largest absolute Gasteiger partial charge is 0.363 e. The van der Waals surface area contributed by atoms with E-state index in [1.54, 1.807) is 23.6 Å². The Bertz CT molecular complexity index is 533. The third kappa shape index (κ3) is 4.08. The fourth-order valence-corrected chi connectivity index (χ4v) is 4.31. The average molecular weight is 313 g/mol. The molecular formula is C15H27N3O2S. The lowest BCUT2D eigenvalue weighted by Crippen LogP contribution is -2.38. The molecule has 0 aliphatic heterocycles. The van der Waals surface area contributed by atoms with Crippen LogP contribution in [-0.4, -0.2) is 37.3 Å². The molecule has 2 N–H and O–H groups in total. The number of aromatic nitrogens is 1. The number of H-pyrrole nitrogens is 1. The highest BCUT2D eigenvalue weighted by atomic mass is 32.2. The summed E-state index contributed by atoms with van der Waals surface area (Å²) in [4.78, 5) is 3.44. The molecule has 1 aliphatic rings. The minimum atomic E-state index is -3.37. The molecule has 0 amide bonds. The number of nitrogens with one attached hydrogen (secondary N) is 2. The van der Waals surface area contributed by atoms with Gasteiger partial charge in [-0.25, -0.2) is 8.42 Å². The van der Waals surface area contributed by atoms with Crippen molar-refractivity contribution in [2.24, 2.45) is 0 Å². The summed E-state index contributed by atoms with van der Waals surface area (Å²) in [5, 5.41) is 3.27. The first-order valence-electron chi connectivity index (χ1n) is 7.91. The van der Waals surface area contributed by atoms with Gasteiger partial charge in [-0.15, -0.1) is 0 Å². The maximum Gasteiger partial charge on any atom is 0.244 e. The molecule has 6 heteroatoms. The van der Waals surface area contributed by atoms with Crippen LogP contribution in [0.1, 0.15) is 51.1 Å². The van der Waals surface area contributed by atoms with Crippen molar-refractivity contribution in [2.45, 2.75) is 62.9 Å². The fraction of sp³-hybridized carbons (Fsp3) is 0.733. The SMILES string of the molecule is CCCNCc1cc(S(=O)(=O)N(C)C2CCCCC2)c[nH]1. The van der Waals surface area contributed by atoms with E-state index in [4.69, 9.17) is 0 Å². The van der Waals surface area contributed by atoms with Crippen LogP contribution in [0.5, 0.6) is 0 Å². The molecule has 0 aromatic carbocycles. The van der Waals surface area contributed by atoms with Crippen LogP contribution < -0.4 is 5.32 Å². The van der Waals surface area contributed by atoms with Crippen molar-refractivity contribution in [1.82, 2.24) is 14.6 Å². The van der Waals surface area contributed by atoms with E-state index in [-0.39, 0.29) is 6.04 Å². The third-order valence-corrected chi connectivity index (χ3v) is 6.11. The summed E-state index contributed by atoms with van der Waals surface area (Å²) >= 11 is 0. The minimum absolute atomic E-state index is 0.153. The first-order chi connectivity index (χ1) is 10.1. The van der Waals surface area contributed by atoms with Crippen LogP contribution in [0.4, 0.5) is 0 Å². The van der Waals surface area contributed by atoms with Crippen molar-refractivity contribution in [2.75, 3.05) is 13.6 Å². The molecule has 120 valence electrons. The van der Waals surface area contributed by atoms with Gasteiger partial charge in [0, 0.05) is 31.5 Å². The van der Waals surface area contributed by atoms with Crippen LogP contribution in [0.15, 0.2) is 17.2 Å². The van der Waals surface area contributed by atoms with Gasteiger partial charge >= 0.3 is 0 Å². The second kappa shape index (κ2) is 7.42. The highest BCUT2D eigenvalue weighted by Crippen LogP contribution is 2.26. The zero-order valence-electron chi connectivity index (χ0n) is 13.1. The van der Waals surface area contributed by atoms with Crippen LogP contribution >= 0.6 is 0 Å². The quantitative estimate of drug-likeness (QED) is 0.760. The summed E-state index contributed by atoms with van der Waals surface area (Å²) in [6.07, 6.45) is 8.11. The van der Waals surface area contributed by atoms with Gasteiger partial charge < -0.3 is 10.3 Å². The smallest absolute Gasteiger partial charge is 0.244 e. The molecule has 0 radical (unpaired) electrons. The lowest BCUT2D eigenvalue weighted by molar-refractivity contribution is 0.286. The van der Waals surface area contributed by atoms with Crippen LogP contribution in [0, 0.1) is 0 Å². The molecule has 5 nitrogen and oxygen atoms in total. The summed E-state index contributed by atoms with van der Waals surface area (Å²) in [5.41, 5.74) is 0.916. The maximum absolute atomic E-state index is 12.7. The molecule has 1 aliphatic carbocycles. The fourth-order valence-electron chi connectivity index (χ4n) is 2.88. The standard InChI is InChI=1S/C15H27N3O2S/c1-3-9-16-11-13-10-15(12-17-13)21(19,20)18(2)14-7-5-4-6-8-14/h10,12,14,16-17H,3-9,11H2,1-2H3. The van der Waals surface area contributed by atoms with Crippen molar-refractivity contribution in [3.8, 4) is 0 Å². The van der Waals surface area contributed by atoms with Gasteiger partial charge in [-0.2, -0.15) is 4.31 Å². The Labute approximate surface area is 128 Å². The predicted molar refractivity (Wildman–Crippen MR) is 84.6 cm³/mol. The summed E-state index contributed by atoms with van der Waals surface area (Å²) in [6.45, 7) is 3.72. The molecule has 1 saturated carbocycles. The van der Waals surface area contributed by atoms with Crippen molar-refractivity contribution in [1.29, 1.82) is 0 Å². The van der Waals surface area contributed by atoms with Crippen LogP contribution in [-0.2, 0) is 16.6 Å². The number of aromatic amines is 1. The van der Waals surface area contributed by atoms with Gasteiger partial charge in [0.15, 0.2) is 0 Å². The topological polar surface area (TPSA) is 65.2 Å². The molecule has 2 rings (SSSR count). The number of rotatable bonds is 7. The second-order valence-corrected chi connectivity index (χ2v) is 7.85. The lowest BCUT2D eigenvalue weighted by atomic mass is 9.96. The Morgan fingerprint density at radius 2 is 2.05 bits per heavy atom. The molecule has 1 heterocycles. The molecule has 0 unspecified atom stereocenters. The van der Waals surface area contributed by atoms with Crippen molar-refractivity contribution < 1.29 is 8.42 Å². The van der Waals surface area contributed by atoms with Gasteiger partial charge in [0.25, 0.3) is 0 Å². The van der Waals surface area contributed by atoms with Crippen molar-refractivity contribution in [3.05, 3.63) is 18.0 Å². The maximum atomic E-state index is 12.7. The third-order valence-electron chi connectivity index (χ3n) is 4.22. The Kier molecular flexibility index (Phi) is 5.84. The minimum Gasteiger partial charge on any atom is -0.363 e. The summed E-state index contributed by atoms with van der Waals surface area (Å²) in [6, 6.07) is 1.90. The van der Waals surface area contributed by atoms with Crippen LogP contribution in [0.2, 0.25) is 0 Å². The van der Waals surface area contributed by atoms with E-state index in [2.05, 4.69) is 17.2 Å². The first kappa shape index (κ1) is 16.5. The van der Waals surface area contributed by atoms with Gasteiger partial charge in [-0.3, -0.25) is 0 Å². The van der Waals surface area contributed by atoms with Crippen molar-refractivity contribution >= 4 is 10.0 Å². The lowest BCUT2D eigenvalue weighted by Gasteiger charge is -2.30. The monoisotopic (exact) mass is 313 g/mol. The van der Waals surface area contributed by atoms with E-state index in [0.717, 1.165) is 44.3 Å². The van der Waals surface area contributed by atoms with Gasteiger partial charge in [0.1, 0.15) is 0 Å². The van der Waals surface area contributed by atoms with E-state index in [1.165, 1.54) is 6.42 Å². The highest BCUT2D eigenvalue weighted by Gasteiger charge is 2.29. The molecule has 0 bridgehead atoms. The molecule has 1 aromatic rings. The Balaban J connectivity index is 2.04. The van der Waals surface area contributed by atoms with E-state index in [0.29, 0.717) is 11.4 Å². The Morgan fingerprint density at radius 3 is 2.71 bits per heavy atom. The van der Waals surface area contributed by atoms with Gasteiger partial charge in [0.2, 0.25) is 10.0 Å². The Morgan fingerprint density at radius 1 is 1.33 bits per heavy atom. The normalized spacial score (nSPS) is 17.5. The molecule has 1 fully saturated rings. The van der Waals surface area contributed by atoms with Crippen LogP contribution in [0.3, 0.4) is 0 Å². The number of hydrogen-bond acceptors (Lipinski definition) is 3. The van der Waals surface area contributed by atoms with E-state index < -0.39 is 10.0 Å². The van der Waals surface area contributed by atoms with Gasteiger partial charge in [-0.05, 0) is 31.9 Å². The number of sulfonamides is 1. The summed E-state index contributed by atoms with van der Waals surface area (Å²) in [7, 11) is -1.66. The van der Waals surface area contributed by atoms with Gasteiger partial charge in [-0.1, -0.05) is 26.2 Å². The molecule has 21 heavy (non-hydrogen) atoms.